The smallest absolute Gasteiger partial charge is 0.236 e. The molecule has 0 saturated carbocycles. The molecule has 6 nitrogen and oxygen atoms in total. The van der Waals surface area contributed by atoms with Crippen molar-refractivity contribution in [3.8, 4) is 0 Å². The minimum absolute atomic E-state index is 0.163. The van der Waals surface area contributed by atoms with E-state index in [9.17, 15) is 4.79 Å². The maximum absolute atomic E-state index is 12.5. The van der Waals surface area contributed by atoms with Gasteiger partial charge < -0.3 is 4.90 Å². The third kappa shape index (κ3) is 4.14. The molecule has 1 aliphatic heterocycles. The summed E-state index contributed by atoms with van der Waals surface area (Å²) in [5, 5.41) is 0. The van der Waals surface area contributed by atoms with E-state index in [0.29, 0.717) is 13.1 Å². The highest BCUT2D eigenvalue weighted by Gasteiger charge is 2.29. The number of rotatable bonds is 5. The van der Waals surface area contributed by atoms with Gasteiger partial charge >= 0.3 is 0 Å². The van der Waals surface area contributed by atoms with Gasteiger partial charge in [0.2, 0.25) is 5.91 Å². The lowest BCUT2D eigenvalue weighted by molar-refractivity contribution is -0.131. The molecular weight excluding hydrogens is 302 g/mol. The monoisotopic (exact) mass is 325 g/mol. The molecule has 1 saturated heterocycles. The largest absolute Gasteiger partial charge is 0.341 e. The molecular formula is C18H23N5O. The van der Waals surface area contributed by atoms with Crippen LogP contribution in [0.4, 0.5) is 0 Å². The van der Waals surface area contributed by atoms with E-state index in [1.807, 2.05) is 48.2 Å². The Bertz CT molecular complexity index is 691. The number of amides is 1. The molecule has 0 spiro atoms. The summed E-state index contributed by atoms with van der Waals surface area (Å²) in [5.74, 6) is 1.27. The van der Waals surface area contributed by atoms with Crippen LogP contribution < -0.4 is 0 Å². The first kappa shape index (κ1) is 16.5. The van der Waals surface area contributed by atoms with Crippen LogP contribution in [-0.2, 0) is 11.3 Å². The second kappa shape index (κ2) is 7.49. The molecule has 24 heavy (non-hydrogen) atoms. The topological polar surface area (TPSA) is 62.2 Å². The Morgan fingerprint density at radius 2 is 2.25 bits per heavy atom. The summed E-state index contributed by atoms with van der Waals surface area (Å²) in [6, 6.07) is 5.83. The van der Waals surface area contributed by atoms with Crippen LogP contribution in [-0.4, -0.2) is 57.3 Å². The summed E-state index contributed by atoms with van der Waals surface area (Å²) in [7, 11) is 1.96. The molecule has 1 amide bonds. The van der Waals surface area contributed by atoms with E-state index in [4.69, 9.17) is 0 Å². The Labute approximate surface area is 142 Å². The van der Waals surface area contributed by atoms with Crippen molar-refractivity contribution < 1.29 is 4.79 Å². The van der Waals surface area contributed by atoms with Gasteiger partial charge in [-0.3, -0.25) is 14.7 Å². The molecule has 0 N–H and O–H groups in total. The van der Waals surface area contributed by atoms with Crippen LogP contribution in [0.1, 0.15) is 29.4 Å². The van der Waals surface area contributed by atoms with Gasteiger partial charge in [0.1, 0.15) is 5.82 Å². The van der Waals surface area contributed by atoms with E-state index in [1.54, 1.807) is 12.4 Å². The lowest BCUT2D eigenvalue weighted by atomic mass is 10.1. The Kier molecular flexibility index (Phi) is 5.15. The molecule has 0 bridgehead atoms. The van der Waals surface area contributed by atoms with E-state index < -0.39 is 0 Å². The van der Waals surface area contributed by atoms with Gasteiger partial charge in [0.15, 0.2) is 0 Å². The molecule has 6 heteroatoms. The molecule has 3 heterocycles. The number of aryl methyl sites for hydroxylation is 1. The maximum atomic E-state index is 12.5. The number of likely N-dealkylation sites (tertiary alicyclic amines) is 1. The zero-order valence-corrected chi connectivity index (χ0v) is 14.2. The van der Waals surface area contributed by atoms with E-state index in [0.717, 1.165) is 36.6 Å². The van der Waals surface area contributed by atoms with Gasteiger partial charge in [0, 0.05) is 49.8 Å². The highest BCUT2D eigenvalue weighted by molar-refractivity contribution is 5.78. The van der Waals surface area contributed by atoms with E-state index in [-0.39, 0.29) is 11.8 Å². The first-order chi connectivity index (χ1) is 11.6. The average Bonchev–Trinajstić information content (AvgIpc) is 3.06. The molecule has 126 valence electrons. The van der Waals surface area contributed by atoms with Gasteiger partial charge in [-0.2, -0.15) is 0 Å². The SMILES string of the molecule is Cc1ccnc(C2CCN(C(=O)CN(C)Cc3cccnc3)C2)n1. The lowest BCUT2D eigenvalue weighted by Gasteiger charge is -2.21. The van der Waals surface area contributed by atoms with Crippen molar-refractivity contribution in [2.45, 2.75) is 25.8 Å². The summed E-state index contributed by atoms with van der Waals surface area (Å²) in [6.45, 7) is 4.59. The highest BCUT2D eigenvalue weighted by Crippen LogP contribution is 2.24. The molecule has 0 aromatic carbocycles. The number of hydrogen-bond donors (Lipinski definition) is 0. The number of carbonyl (C=O) groups excluding carboxylic acids is 1. The summed E-state index contributed by atoms with van der Waals surface area (Å²) in [5.41, 5.74) is 2.08. The van der Waals surface area contributed by atoms with Crippen molar-refractivity contribution >= 4 is 5.91 Å². The van der Waals surface area contributed by atoms with Crippen LogP contribution in [0.3, 0.4) is 0 Å². The van der Waals surface area contributed by atoms with Crippen molar-refractivity contribution in [3.63, 3.8) is 0 Å². The van der Waals surface area contributed by atoms with Crippen molar-refractivity contribution in [2.75, 3.05) is 26.7 Å². The number of likely N-dealkylation sites (N-methyl/N-ethyl adjacent to an activating group) is 1. The summed E-state index contributed by atoms with van der Waals surface area (Å²) < 4.78 is 0. The number of nitrogens with zero attached hydrogens (tertiary/aromatic N) is 5. The molecule has 0 aliphatic carbocycles. The standard InChI is InChI=1S/C18H23N5O/c1-14-5-8-20-18(21-14)16-6-9-23(12-16)17(24)13-22(2)11-15-4-3-7-19-10-15/h3-5,7-8,10,16H,6,9,11-13H2,1-2H3. The van der Waals surface area contributed by atoms with Gasteiger partial charge in [0.25, 0.3) is 0 Å². The quantitative estimate of drug-likeness (QED) is 0.836. The van der Waals surface area contributed by atoms with E-state index in [2.05, 4.69) is 15.0 Å². The van der Waals surface area contributed by atoms with Crippen LogP contribution in [0.5, 0.6) is 0 Å². The Morgan fingerprint density at radius 3 is 3.00 bits per heavy atom. The minimum atomic E-state index is 0.163. The second-order valence-corrected chi connectivity index (χ2v) is 6.42. The van der Waals surface area contributed by atoms with Gasteiger partial charge in [-0.1, -0.05) is 6.07 Å². The molecule has 1 unspecified atom stereocenters. The van der Waals surface area contributed by atoms with Crippen LogP contribution >= 0.6 is 0 Å². The first-order valence-electron chi connectivity index (χ1n) is 8.26. The van der Waals surface area contributed by atoms with Crippen LogP contribution in [0.25, 0.3) is 0 Å². The maximum Gasteiger partial charge on any atom is 0.236 e. The number of carbonyl (C=O) groups is 1. The normalized spacial score (nSPS) is 17.5. The fourth-order valence-electron chi connectivity index (χ4n) is 3.05. The van der Waals surface area contributed by atoms with Crippen molar-refractivity contribution in [1.82, 2.24) is 24.8 Å². The van der Waals surface area contributed by atoms with E-state index in [1.165, 1.54) is 0 Å². The van der Waals surface area contributed by atoms with Crippen LogP contribution in [0, 0.1) is 6.92 Å². The Hall–Kier alpha value is -2.34. The van der Waals surface area contributed by atoms with Gasteiger partial charge in [0.05, 0.1) is 6.54 Å². The van der Waals surface area contributed by atoms with Crippen LogP contribution in [0.15, 0.2) is 36.8 Å². The molecule has 3 rings (SSSR count). The summed E-state index contributed by atoms with van der Waals surface area (Å²) in [4.78, 5) is 29.4. The molecule has 0 radical (unpaired) electrons. The predicted molar refractivity (Wildman–Crippen MR) is 91.3 cm³/mol. The zero-order chi connectivity index (χ0) is 16.9. The van der Waals surface area contributed by atoms with Crippen molar-refractivity contribution in [2.24, 2.45) is 0 Å². The first-order valence-corrected chi connectivity index (χ1v) is 8.26. The summed E-state index contributed by atoms with van der Waals surface area (Å²) in [6.07, 6.45) is 6.32. The van der Waals surface area contributed by atoms with Gasteiger partial charge in [-0.05, 0) is 38.1 Å². The third-order valence-electron chi connectivity index (χ3n) is 4.30. The molecule has 1 atom stereocenters. The lowest BCUT2D eigenvalue weighted by Crippen LogP contribution is -2.37. The van der Waals surface area contributed by atoms with Gasteiger partial charge in [-0.15, -0.1) is 0 Å². The van der Waals surface area contributed by atoms with Crippen molar-refractivity contribution in [1.29, 1.82) is 0 Å². The van der Waals surface area contributed by atoms with Gasteiger partial charge in [-0.25, -0.2) is 9.97 Å². The Morgan fingerprint density at radius 1 is 1.38 bits per heavy atom. The van der Waals surface area contributed by atoms with Crippen molar-refractivity contribution in [3.05, 3.63) is 53.9 Å². The van der Waals surface area contributed by atoms with Crippen LogP contribution in [0.2, 0.25) is 0 Å². The fraction of sp³-hybridized carbons (Fsp3) is 0.444. The molecule has 2 aromatic rings. The average molecular weight is 325 g/mol. The minimum Gasteiger partial charge on any atom is -0.341 e. The second-order valence-electron chi connectivity index (χ2n) is 6.42. The predicted octanol–water partition coefficient (Wildman–Crippen LogP) is 1.63. The Balaban J connectivity index is 1.53. The molecule has 1 aliphatic rings. The highest BCUT2D eigenvalue weighted by atomic mass is 16.2. The third-order valence-corrected chi connectivity index (χ3v) is 4.30. The number of pyridine rings is 1. The molecule has 1 fully saturated rings. The molecule has 2 aromatic heterocycles. The number of aromatic nitrogens is 3. The fourth-order valence-corrected chi connectivity index (χ4v) is 3.05. The summed E-state index contributed by atoms with van der Waals surface area (Å²) >= 11 is 0. The zero-order valence-electron chi connectivity index (χ0n) is 14.2. The number of hydrogen-bond acceptors (Lipinski definition) is 5. The van der Waals surface area contributed by atoms with E-state index >= 15 is 0 Å².